The first-order valence-electron chi connectivity index (χ1n) is 9.36. The van der Waals surface area contributed by atoms with Crippen molar-refractivity contribution < 1.29 is 9.47 Å². The van der Waals surface area contributed by atoms with Crippen LogP contribution in [0.2, 0.25) is 0 Å². The maximum Gasteiger partial charge on any atom is 0.254 e. The highest BCUT2D eigenvalue weighted by Crippen LogP contribution is 2.30. The Labute approximate surface area is 169 Å². The molecule has 7 nitrogen and oxygen atoms in total. The Morgan fingerprint density at radius 3 is 2.62 bits per heavy atom. The molecule has 0 spiro atoms. The number of benzene rings is 2. The van der Waals surface area contributed by atoms with Crippen molar-refractivity contribution in [1.82, 2.24) is 19.6 Å². The molecule has 0 bridgehead atoms. The highest BCUT2D eigenvalue weighted by Gasteiger charge is 2.12. The molecule has 2 heterocycles. The molecule has 0 fully saturated rings. The number of hydrogen-bond acceptors (Lipinski definition) is 6. The summed E-state index contributed by atoms with van der Waals surface area (Å²) in [6, 6.07) is 18.1. The van der Waals surface area contributed by atoms with Gasteiger partial charge < -0.3 is 14.4 Å². The van der Waals surface area contributed by atoms with Gasteiger partial charge in [0.05, 0.1) is 7.11 Å². The highest BCUT2D eigenvalue weighted by molar-refractivity contribution is 5.49. The molecule has 0 saturated heterocycles. The van der Waals surface area contributed by atoms with Crippen molar-refractivity contribution in [2.45, 2.75) is 20.1 Å². The normalized spacial score (nSPS) is 10.9. The Morgan fingerprint density at radius 1 is 1.00 bits per heavy atom. The molecular formula is C22H23N5O2. The maximum atomic E-state index is 5.95. The highest BCUT2D eigenvalue weighted by atomic mass is 16.5. The molecule has 4 rings (SSSR count). The van der Waals surface area contributed by atoms with E-state index in [0.29, 0.717) is 24.7 Å². The summed E-state index contributed by atoms with van der Waals surface area (Å²) < 4.78 is 13.2. The van der Waals surface area contributed by atoms with E-state index in [-0.39, 0.29) is 0 Å². The molecule has 2 aromatic carbocycles. The zero-order valence-electron chi connectivity index (χ0n) is 16.7. The summed E-state index contributed by atoms with van der Waals surface area (Å²) in [5.74, 6) is 2.95. The Kier molecular flexibility index (Phi) is 5.29. The quantitative estimate of drug-likeness (QED) is 0.481. The first kappa shape index (κ1) is 18.7. The summed E-state index contributed by atoms with van der Waals surface area (Å²) in [6.45, 7) is 3.12. The second kappa shape index (κ2) is 8.18. The molecule has 0 amide bonds. The lowest BCUT2D eigenvalue weighted by atomic mass is 10.2. The first-order chi connectivity index (χ1) is 14.1. The van der Waals surface area contributed by atoms with Gasteiger partial charge in [0.15, 0.2) is 11.5 Å². The number of fused-ring (bicyclic) bond motifs is 1. The topological polar surface area (TPSA) is 64.8 Å². The van der Waals surface area contributed by atoms with Gasteiger partial charge in [-0.25, -0.2) is 4.98 Å². The summed E-state index contributed by atoms with van der Waals surface area (Å²) in [5.41, 5.74) is 3.11. The van der Waals surface area contributed by atoms with Gasteiger partial charge >= 0.3 is 0 Å². The fourth-order valence-electron chi connectivity index (χ4n) is 3.20. The summed E-state index contributed by atoms with van der Waals surface area (Å²) in [7, 11) is 3.67. The number of hydrogen-bond donors (Lipinski definition) is 0. The number of methoxy groups -OCH3 is 1. The Balaban J connectivity index is 1.52. The minimum Gasteiger partial charge on any atom is -0.493 e. The number of aromatic nitrogens is 4. The maximum absolute atomic E-state index is 5.95. The van der Waals surface area contributed by atoms with E-state index in [1.807, 2.05) is 68.6 Å². The smallest absolute Gasteiger partial charge is 0.254 e. The first-order valence-corrected chi connectivity index (χ1v) is 9.36. The molecule has 2 aromatic heterocycles. The number of aryl methyl sites for hydroxylation is 1. The van der Waals surface area contributed by atoms with Crippen LogP contribution in [0.15, 0.2) is 60.9 Å². The van der Waals surface area contributed by atoms with Crippen molar-refractivity contribution >= 4 is 11.6 Å². The van der Waals surface area contributed by atoms with E-state index >= 15 is 0 Å². The van der Waals surface area contributed by atoms with Crippen molar-refractivity contribution in [2.75, 3.05) is 19.1 Å². The molecule has 0 radical (unpaired) electrons. The Hall–Kier alpha value is -3.61. The van der Waals surface area contributed by atoms with Crippen LogP contribution in [-0.4, -0.2) is 33.7 Å². The van der Waals surface area contributed by atoms with E-state index in [9.17, 15) is 0 Å². The van der Waals surface area contributed by atoms with Gasteiger partial charge in [0, 0.05) is 25.4 Å². The average molecular weight is 389 g/mol. The third-order valence-corrected chi connectivity index (χ3v) is 4.64. The zero-order valence-corrected chi connectivity index (χ0v) is 16.7. The molecule has 29 heavy (non-hydrogen) atoms. The van der Waals surface area contributed by atoms with Crippen LogP contribution >= 0.6 is 0 Å². The van der Waals surface area contributed by atoms with Crippen LogP contribution < -0.4 is 14.4 Å². The fraction of sp³-hybridized carbons (Fsp3) is 0.227. The number of anilines is 1. The standard InChI is InChI=1S/C22H23N5O2/c1-16-11-21(27-22(25-16)23-15-24-27)26(2)13-18-9-10-19(20(12-18)28-3)29-14-17-7-5-4-6-8-17/h4-12,15H,13-14H2,1-3H3. The lowest BCUT2D eigenvalue weighted by molar-refractivity contribution is 0.284. The SMILES string of the molecule is COc1cc(CN(C)c2cc(C)nc3ncnn23)ccc1OCc1ccccc1. The Morgan fingerprint density at radius 2 is 1.83 bits per heavy atom. The van der Waals surface area contributed by atoms with Gasteiger partial charge in [0.25, 0.3) is 5.78 Å². The molecule has 0 unspecified atom stereocenters. The summed E-state index contributed by atoms with van der Waals surface area (Å²) in [5, 5.41) is 4.28. The van der Waals surface area contributed by atoms with Crippen LogP contribution in [0.25, 0.3) is 5.78 Å². The summed E-state index contributed by atoms with van der Waals surface area (Å²) in [6.07, 6.45) is 1.51. The van der Waals surface area contributed by atoms with Gasteiger partial charge in [-0.3, -0.25) is 0 Å². The lowest BCUT2D eigenvalue weighted by Gasteiger charge is -2.21. The van der Waals surface area contributed by atoms with E-state index in [4.69, 9.17) is 9.47 Å². The van der Waals surface area contributed by atoms with Crippen molar-refractivity contribution in [2.24, 2.45) is 0 Å². The predicted octanol–water partition coefficient (Wildman–Crippen LogP) is 3.66. The van der Waals surface area contributed by atoms with Gasteiger partial charge in [-0.2, -0.15) is 14.6 Å². The summed E-state index contributed by atoms with van der Waals surface area (Å²) >= 11 is 0. The van der Waals surface area contributed by atoms with Gasteiger partial charge in [-0.1, -0.05) is 36.4 Å². The molecule has 148 valence electrons. The second-order valence-electron chi connectivity index (χ2n) is 6.84. The van der Waals surface area contributed by atoms with Crippen LogP contribution in [0.1, 0.15) is 16.8 Å². The monoisotopic (exact) mass is 389 g/mol. The Bertz CT molecular complexity index is 1110. The van der Waals surface area contributed by atoms with Gasteiger partial charge in [-0.05, 0) is 30.2 Å². The molecule has 0 N–H and O–H groups in total. The van der Waals surface area contributed by atoms with Gasteiger partial charge in [-0.15, -0.1) is 0 Å². The minimum atomic E-state index is 0.497. The van der Waals surface area contributed by atoms with Crippen molar-refractivity contribution in [3.63, 3.8) is 0 Å². The van der Waals surface area contributed by atoms with Crippen LogP contribution in [0.5, 0.6) is 11.5 Å². The van der Waals surface area contributed by atoms with Crippen molar-refractivity contribution in [3.8, 4) is 11.5 Å². The molecule has 0 aliphatic rings. The largest absolute Gasteiger partial charge is 0.493 e. The number of nitrogens with zero attached hydrogens (tertiary/aromatic N) is 5. The average Bonchev–Trinajstić information content (AvgIpc) is 3.21. The van der Waals surface area contributed by atoms with Crippen LogP contribution in [-0.2, 0) is 13.2 Å². The van der Waals surface area contributed by atoms with Crippen LogP contribution in [0.3, 0.4) is 0 Å². The molecule has 0 atom stereocenters. The number of ether oxygens (including phenoxy) is 2. The van der Waals surface area contributed by atoms with E-state index in [1.165, 1.54) is 6.33 Å². The predicted molar refractivity (Wildman–Crippen MR) is 111 cm³/mol. The van der Waals surface area contributed by atoms with E-state index in [1.54, 1.807) is 11.6 Å². The molecule has 4 aromatic rings. The molecular weight excluding hydrogens is 366 g/mol. The molecule has 0 aliphatic carbocycles. The lowest BCUT2D eigenvalue weighted by Crippen LogP contribution is -2.20. The minimum absolute atomic E-state index is 0.497. The van der Waals surface area contributed by atoms with Crippen molar-refractivity contribution in [3.05, 3.63) is 77.7 Å². The van der Waals surface area contributed by atoms with E-state index in [2.05, 4.69) is 20.0 Å². The van der Waals surface area contributed by atoms with E-state index in [0.717, 1.165) is 28.4 Å². The van der Waals surface area contributed by atoms with Crippen LogP contribution in [0, 0.1) is 6.92 Å². The third-order valence-electron chi connectivity index (χ3n) is 4.64. The molecule has 7 heteroatoms. The number of rotatable bonds is 7. The summed E-state index contributed by atoms with van der Waals surface area (Å²) in [4.78, 5) is 10.7. The third kappa shape index (κ3) is 4.13. The van der Waals surface area contributed by atoms with Gasteiger partial charge in [0.2, 0.25) is 0 Å². The fourth-order valence-corrected chi connectivity index (χ4v) is 3.20. The van der Waals surface area contributed by atoms with Gasteiger partial charge in [0.1, 0.15) is 18.8 Å². The zero-order chi connectivity index (χ0) is 20.2. The molecule has 0 saturated carbocycles. The second-order valence-corrected chi connectivity index (χ2v) is 6.84. The van der Waals surface area contributed by atoms with Crippen molar-refractivity contribution in [1.29, 1.82) is 0 Å². The van der Waals surface area contributed by atoms with Crippen LogP contribution in [0.4, 0.5) is 5.82 Å². The molecule has 0 aliphatic heterocycles. The van der Waals surface area contributed by atoms with E-state index < -0.39 is 0 Å².